The van der Waals surface area contributed by atoms with E-state index in [1.807, 2.05) is 13.8 Å². The molecule has 0 saturated carbocycles. The molecule has 0 aliphatic carbocycles. The third-order valence-corrected chi connectivity index (χ3v) is 3.84. The summed E-state index contributed by atoms with van der Waals surface area (Å²) in [4.78, 5) is 34.2. The fourth-order valence-electron chi connectivity index (χ4n) is 2.90. The number of hydrogen-bond donors (Lipinski definition) is 3. The van der Waals surface area contributed by atoms with Gasteiger partial charge in [-0.1, -0.05) is 13.8 Å². The van der Waals surface area contributed by atoms with Crippen LogP contribution in [-0.2, 0) is 28.6 Å². The van der Waals surface area contributed by atoms with Gasteiger partial charge in [0.1, 0.15) is 19.8 Å². The van der Waals surface area contributed by atoms with E-state index in [2.05, 4.69) is 34.5 Å². The summed E-state index contributed by atoms with van der Waals surface area (Å²) in [5.74, 6) is 0.0557. The van der Waals surface area contributed by atoms with Gasteiger partial charge in [-0.05, 0) is 26.2 Å². The molecule has 0 bridgehead atoms. The Morgan fingerprint density at radius 2 is 1.48 bits per heavy atom. The molecule has 3 amide bonds. The van der Waals surface area contributed by atoms with Gasteiger partial charge in [-0.3, -0.25) is 14.4 Å². The van der Waals surface area contributed by atoms with E-state index in [1.165, 1.54) is 6.92 Å². The lowest BCUT2D eigenvalue weighted by Crippen LogP contribution is -2.45. The Bertz CT molecular complexity index is 513. The van der Waals surface area contributed by atoms with Crippen LogP contribution in [-0.4, -0.2) is 93.9 Å². The van der Waals surface area contributed by atoms with Crippen LogP contribution in [0.1, 0.15) is 41.0 Å². The first-order valence-electron chi connectivity index (χ1n) is 10.8. The van der Waals surface area contributed by atoms with Crippen molar-refractivity contribution in [2.45, 2.75) is 46.6 Å². The Kier molecular flexibility index (Phi) is 16.9. The summed E-state index contributed by atoms with van der Waals surface area (Å²) in [5.41, 5.74) is -0.254. The highest BCUT2D eigenvalue weighted by molar-refractivity contribution is 5.78. The zero-order valence-electron chi connectivity index (χ0n) is 19.8. The van der Waals surface area contributed by atoms with E-state index >= 15 is 0 Å². The molecule has 182 valence electrons. The standard InChI is InChI=1S/C21H41N3O7/c1-17(2)14-21(4,5)24-20(27)16-31-13-11-29-9-7-23-19(26)15-30-12-10-28-8-6-22-18(3)25/h17H,6-16H2,1-5H3,(H,22,25)(H,23,26)(H,24,27)/p+1. The molecule has 0 aromatic carbocycles. The number of ether oxygens (including phenoxy) is 4. The van der Waals surface area contributed by atoms with Crippen LogP contribution < -0.4 is 16.0 Å². The summed E-state index contributed by atoms with van der Waals surface area (Å²) in [6.45, 7) is 12.9. The molecule has 0 fully saturated rings. The zero-order valence-corrected chi connectivity index (χ0v) is 19.8. The number of rotatable bonds is 19. The van der Waals surface area contributed by atoms with Gasteiger partial charge in [-0.2, -0.15) is 0 Å². The van der Waals surface area contributed by atoms with Crippen molar-refractivity contribution < 1.29 is 33.3 Å². The molecule has 0 atom stereocenters. The number of aliphatic hydroxyl groups is 2. The quantitative estimate of drug-likeness (QED) is 0.185. The van der Waals surface area contributed by atoms with Gasteiger partial charge in [-0.25, -0.2) is 0 Å². The van der Waals surface area contributed by atoms with Gasteiger partial charge >= 0.3 is 0 Å². The van der Waals surface area contributed by atoms with E-state index in [4.69, 9.17) is 14.2 Å². The van der Waals surface area contributed by atoms with Gasteiger partial charge in [0.2, 0.25) is 17.7 Å². The van der Waals surface area contributed by atoms with Gasteiger partial charge in [0.25, 0.3) is 0 Å². The summed E-state index contributed by atoms with van der Waals surface area (Å²) >= 11 is 0. The molecule has 0 radical (unpaired) electrons. The third-order valence-electron chi connectivity index (χ3n) is 3.84. The van der Waals surface area contributed by atoms with Crippen molar-refractivity contribution in [3.8, 4) is 0 Å². The third kappa shape index (κ3) is 21.3. The summed E-state index contributed by atoms with van der Waals surface area (Å²) in [7, 11) is 0. The van der Waals surface area contributed by atoms with Crippen LogP contribution in [0.25, 0.3) is 0 Å². The minimum absolute atomic E-state index is 0.00150. The van der Waals surface area contributed by atoms with Crippen LogP contribution in [0.3, 0.4) is 0 Å². The minimum atomic E-state index is -0.254. The molecule has 4 N–H and O–H groups in total. The molecule has 0 rings (SSSR count). The second-order valence-electron chi connectivity index (χ2n) is 8.25. The minimum Gasteiger partial charge on any atom is -0.431 e. The SMILES string of the molecule is CC(=O)NCC[OH+]CCOCC(=O)NCCOCCOCC(=O)NC(C)(C)CC(C)C. The van der Waals surface area contributed by atoms with Gasteiger partial charge in [-0.15, -0.1) is 0 Å². The molecule has 0 aromatic rings. The molecule has 0 heterocycles. The zero-order chi connectivity index (χ0) is 23.5. The summed E-state index contributed by atoms with van der Waals surface area (Å²) in [6, 6.07) is 0. The molecule has 0 aromatic heterocycles. The highest BCUT2D eigenvalue weighted by Gasteiger charge is 2.21. The maximum atomic E-state index is 11.9. The van der Waals surface area contributed by atoms with Crippen molar-refractivity contribution in [1.29, 1.82) is 0 Å². The Morgan fingerprint density at radius 1 is 0.839 bits per heavy atom. The monoisotopic (exact) mass is 448 g/mol. The molecular formula is C21H42N3O7+. The van der Waals surface area contributed by atoms with Crippen LogP contribution in [0.5, 0.6) is 0 Å². The van der Waals surface area contributed by atoms with Crippen LogP contribution in [0, 0.1) is 5.92 Å². The fraction of sp³-hybridized carbons (Fsp3) is 0.857. The van der Waals surface area contributed by atoms with Crippen molar-refractivity contribution in [3.63, 3.8) is 0 Å². The number of carbonyl (C=O) groups excluding carboxylic acids is 3. The second-order valence-corrected chi connectivity index (χ2v) is 8.25. The lowest BCUT2D eigenvalue weighted by Gasteiger charge is -2.28. The van der Waals surface area contributed by atoms with E-state index in [0.29, 0.717) is 58.6 Å². The Morgan fingerprint density at radius 3 is 2.16 bits per heavy atom. The van der Waals surface area contributed by atoms with Crippen molar-refractivity contribution in [2.24, 2.45) is 5.92 Å². The highest BCUT2D eigenvalue weighted by atomic mass is 16.5. The Balaban J connectivity index is 3.45. The van der Waals surface area contributed by atoms with Crippen molar-refractivity contribution in [1.82, 2.24) is 16.0 Å². The first kappa shape index (κ1) is 29.2. The lowest BCUT2D eigenvalue weighted by molar-refractivity contribution is -0.129. The predicted molar refractivity (Wildman–Crippen MR) is 118 cm³/mol. The summed E-state index contributed by atoms with van der Waals surface area (Å²) < 4.78 is 20.1. The largest absolute Gasteiger partial charge is 0.431 e. The van der Waals surface area contributed by atoms with Gasteiger partial charge in [0, 0.05) is 19.0 Å². The lowest BCUT2D eigenvalue weighted by atomic mass is 9.93. The Labute approximate surface area is 186 Å². The molecule has 0 unspecified atom stereocenters. The Hall–Kier alpha value is -1.75. The fourth-order valence-corrected chi connectivity index (χ4v) is 2.90. The average molecular weight is 449 g/mol. The normalized spacial score (nSPS) is 11.4. The van der Waals surface area contributed by atoms with E-state index in [9.17, 15) is 14.4 Å². The number of carbonyl (C=O) groups is 3. The molecule has 0 aliphatic heterocycles. The van der Waals surface area contributed by atoms with Crippen molar-refractivity contribution >= 4 is 17.7 Å². The van der Waals surface area contributed by atoms with E-state index in [-0.39, 0.29) is 36.5 Å². The van der Waals surface area contributed by atoms with E-state index < -0.39 is 0 Å². The first-order valence-corrected chi connectivity index (χ1v) is 10.8. The topological polar surface area (TPSA) is 128 Å². The predicted octanol–water partition coefficient (Wildman–Crippen LogP) is -0.243. The number of amides is 3. The molecular weight excluding hydrogens is 406 g/mol. The van der Waals surface area contributed by atoms with Crippen LogP contribution in [0.4, 0.5) is 0 Å². The molecule has 10 heteroatoms. The number of nitrogens with one attached hydrogen (secondary N) is 3. The molecule has 31 heavy (non-hydrogen) atoms. The maximum Gasteiger partial charge on any atom is 0.246 e. The van der Waals surface area contributed by atoms with E-state index in [1.54, 1.807) is 0 Å². The van der Waals surface area contributed by atoms with Gasteiger partial charge in [0.05, 0.1) is 26.4 Å². The first-order chi connectivity index (χ1) is 14.6. The average Bonchev–Trinajstić information content (AvgIpc) is 2.64. The second kappa shape index (κ2) is 17.9. The summed E-state index contributed by atoms with van der Waals surface area (Å²) in [6.07, 6.45) is 0.897. The van der Waals surface area contributed by atoms with Crippen LogP contribution in [0.2, 0.25) is 0 Å². The smallest absolute Gasteiger partial charge is 0.246 e. The maximum absolute atomic E-state index is 11.9. The summed E-state index contributed by atoms with van der Waals surface area (Å²) in [5, 5.41) is 8.29. The number of hydrogen-bond acceptors (Lipinski definition) is 6. The van der Waals surface area contributed by atoms with Crippen LogP contribution >= 0.6 is 0 Å². The van der Waals surface area contributed by atoms with Crippen molar-refractivity contribution in [2.75, 3.05) is 65.9 Å². The molecule has 0 spiro atoms. The molecule has 10 nitrogen and oxygen atoms in total. The van der Waals surface area contributed by atoms with Gasteiger partial charge in [0.15, 0.2) is 13.2 Å². The van der Waals surface area contributed by atoms with Gasteiger partial charge < -0.3 is 34.9 Å². The highest BCUT2D eigenvalue weighted by Crippen LogP contribution is 2.15. The van der Waals surface area contributed by atoms with E-state index in [0.717, 1.165) is 6.42 Å². The molecule has 0 aliphatic rings. The molecule has 0 saturated heterocycles. The van der Waals surface area contributed by atoms with Crippen molar-refractivity contribution in [3.05, 3.63) is 0 Å². The van der Waals surface area contributed by atoms with Crippen LogP contribution in [0.15, 0.2) is 0 Å².